The Kier molecular flexibility index (Phi) is 6.04. The molecule has 1 aliphatic heterocycles. The van der Waals surface area contributed by atoms with Crippen LogP contribution in [0.4, 0.5) is 11.6 Å². The van der Waals surface area contributed by atoms with Gasteiger partial charge in [-0.15, -0.1) is 0 Å². The Bertz CT molecular complexity index is 805. The fraction of sp³-hybridized carbons (Fsp3) is 0.278. The minimum absolute atomic E-state index is 0.218. The van der Waals surface area contributed by atoms with Crippen molar-refractivity contribution in [3.8, 4) is 5.75 Å². The maximum Gasteiger partial charge on any atom is 0.227 e. The summed E-state index contributed by atoms with van der Waals surface area (Å²) in [4.78, 5) is 15.2. The highest BCUT2D eigenvalue weighted by Crippen LogP contribution is 2.31. The summed E-state index contributed by atoms with van der Waals surface area (Å²) in [5, 5.41) is 0.218. The van der Waals surface area contributed by atoms with Crippen molar-refractivity contribution in [1.29, 1.82) is 0 Å². The normalized spacial score (nSPS) is 15.5. The second-order valence-electron chi connectivity index (χ2n) is 5.53. The van der Waals surface area contributed by atoms with Crippen molar-refractivity contribution in [2.45, 2.75) is 0 Å². The average molecular weight is 374 g/mol. The first kappa shape index (κ1) is 18.2. The van der Waals surface area contributed by atoms with Gasteiger partial charge in [0.1, 0.15) is 5.69 Å². The molecule has 2 heterocycles. The number of anilines is 1. The quantitative estimate of drug-likeness (QED) is 0.640. The lowest BCUT2D eigenvalue weighted by atomic mass is 10.2. The van der Waals surface area contributed by atoms with Crippen molar-refractivity contribution in [2.75, 3.05) is 38.3 Å². The summed E-state index contributed by atoms with van der Waals surface area (Å²) in [5.41, 5.74) is 7.86. The van der Waals surface area contributed by atoms with E-state index in [0.29, 0.717) is 49.4 Å². The summed E-state index contributed by atoms with van der Waals surface area (Å²) in [6.07, 6.45) is 3.28. The number of benzene rings is 1. The first-order chi connectivity index (χ1) is 12.7. The highest BCUT2D eigenvalue weighted by Gasteiger charge is 2.20. The third kappa shape index (κ3) is 4.30. The lowest BCUT2D eigenvalue weighted by Gasteiger charge is -2.27. The van der Waals surface area contributed by atoms with Crippen LogP contribution in [0.5, 0.6) is 5.75 Å². The molecular formula is C18H20ClN5O2. The van der Waals surface area contributed by atoms with E-state index in [-0.39, 0.29) is 5.15 Å². The minimum atomic E-state index is 0.218. The number of para-hydroxylation sites is 1. The van der Waals surface area contributed by atoms with Gasteiger partial charge in [-0.25, -0.2) is 4.98 Å². The van der Waals surface area contributed by atoms with Gasteiger partial charge in [0.25, 0.3) is 0 Å². The summed E-state index contributed by atoms with van der Waals surface area (Å²) < 4.78 is 10.7. The zero-order valence-corrected chi connectivity index (χ0v) is 15.2. The van der Waals surface area contributed by atoms with Gasteiger partial charge in [-0.1, -0.05) is 29.8 Å². The minimum Gasteiger partial charge on any atom is -0.491 e. The molecule has 0 unspecified atom stereocenters. The monoisotopic (exact) mass is 373 g/mol. The van der Waals surface area contributed by atoms with E-state index in [1.165, 1.54) is 7.11 Å². The van der Waals surface area contributed by atoms with Gasteiger partial charge >= 0.3 is 0 Å². The number of rotatable bonds is 5. The summed E-state index contributed by atoms with van der Waals surface area (Å²) >= 11 is 6.28. The summed E-state index contributed by atoms with van der Waals surface area (Å²) in [5.74, 6) is 0.844. The van der Waals surface area contributed by atoms with Gasteiger partial charge in [0.15, 0.2) is 10.9 Å². The number of aromatic nitrogens is 2. The van der Waals surface area contributed by atoms with Crippen molar-refractivity contribution >= 4 is 35.1 Å². The Morgan fingerprint density at radius 1 is 1.27 bits per heavy atom. The van der Waals surface area contributed by atoms with Crippen LogP contribution >= 0.6 is 11.6 Å². The van der Waals surface area contributed by atoms with Crippen LogP contribution in [0, 0.1) is 0 Å². The van der Waals surface area contributed by atoms with E-state index in [2.05, 4.69) is 15.0 Å². The molecule has 0 radical (unpaired) electrons. The number of aliphatic imine (C=N–C) groups is 1. The molecule has 1 aromatic heterocycles. The van der Waals surface area contributed by atoms with Gasteiger partial charge < -0.3 is 20.1 Å². The Labute approximate surface area is 157 Å². The number of morpholine rings is 1. The van der Waals surface area contributed by atoms with E-state index in [1.54, 1.807) is 12.3 Å². The van der Waals surface area contributed by atoms with Crippen LogP contribution in [0.2, 0.25) is 5.15 Å². The average Bonchev–Trinajstić information content (AvgIpc) is 2.68. The molecular weight excluding hydrogens is 354 g/mol. The number of hydrogen-bond donors (Lipinski definition) is 1. The number of methoxy groups -OCH3 is 1. The van der Waals surface area contributed by atoms with E-state index < -0.39 is 0 Å². The maximum atomic E-state index is 6.28. The fourth-order valence-electron chi connectivity index (χ4n) is 2.49. The molecule has 3 rings (SSSR count). The Hall–Kier alpha value is -2.64. The topological polar surface area (TPSA) is 85.9 Å². The molecule has 26 heavy (non-hydrogen) atoms. The van der Waals surface area contributed by atoms with Gasteiger partial charge in [0.05, 0.1) is 31.7 Å². The molecule has 0 amide bonds. The van der Waals surface area contributed by atoms with Gasteiger partial charge in [-0.3, -0.25) is 4.99 Å². The number of halogens is 1. The predicted molar refractivity (Wildman–Crippen MR) is 103 cm³/mol. The molecule has 2 aromatic rings. The van der Waals surface area contributed by atoms with Crippen LogP contribution in [0.25, 0.3) is 5.70 Å². The molecule has 1 aromatic carbocycles. The van der Waals surface area contributed by atoms with Crippen molar-refractivity contribution in [3.63, 3.8) is 0 Å². The van der Waals surface area contributed by atoms with Crippen molar-refractivity contribution in [3.05, 3.63) is 47.3 Å². The van der Waals surface area contributed by atoms with Crippen molar-refractivity contribution in [2.24, 2.45) is 10.7 Å². The zero-order chi connectivity index (χ0) is 18.4. The zero-order valence-electron chi connectivity index (χ0n) is 14.4. The molecule has 0 bridgehead atoms. The van der Waals surface area contributed by atoms with Crippen molar-refractivity contribution in [1.82, 2.24) is 9.97 Å². The predicted octanol–water partition coefficient (Wildman–Crippen LogP) is 2.68. The van der Waals surface area contributed by atoms with Crippen LogP contribution in [-0.4, -0.2) is 49.6 Å². The van der Waals surface area contributed by atoms with Crippen LogP contribution in [-0.2, 0) is 4.74 Å². The molecule has 0 aliphatic carbocycles. The number of nitrogens with zero attached hydrogens (tertiary/aromatic N) is 4. The first-order valence-electron chi connectivity index (χ1n) is 8.18. The second kappa shape index (κ2) is 8.64. The van der Waals surface area contributed by atoms with E-state index in [0.717, 1.165) is 5.69 Å². The first-order valence-corrected chi connectivity index (χ1v) is 8.56. The molecule has 0 spiro atoms. The molecule has 8 heteroatoms. The number of allylic oxidation sites excluding steroid dienone is 1. The van der Waals surface area contributed by atoms with Crippen LogP contribution in [0.15, 0.2) is 41.4 Å². The van der Waals surface area contributed by atoms with Gasteiger partial charge in [0.2, 0.25) is 5.95 Å². The highest BCUT2D eigenvalue weighted by atomic mass is 35.5. The lowest BCUT2D eigenvalue weighted by molar-refractivity contribution is 0.122. The van der Waals surface area contributed by atoms with Gasteiger partial charge in [0, 0.05) is 19.3 Å². The lowest BCUT2D eigenvalue weighted by Crippen LogP contribution is -2.37. The molecule has 1 fully saturated rings. The number of nitrogens with two attached hydrogens (primary N) is 1. The Morgan fingerprint density at radius 3 is 2.69 bits per heavy atom. The van der Waals surface area contributed by atoms with Gasteiger partial charge in [-0.2, -0.15) is 4.98 Å². The molecule has 136 valence electrons. The summed E-state index contributed by atoms with van der Waals surface area (Å²) in [7, 11) is 1.51. The third-order valence-electron chi connectivity index (χ3n) is 3.82. The van der Waals surface area contributed by atoms with Crippen LogP contribution in [0.3, 0.4) is 0 Å². The number of ether oxygens (including phenoxy) is 2. The summed E-state index contributed by atoms with van der Waals surface area (Å²) in [6.45, 7) is 2.64. The van der Waals surface area contributed by atoms with E-state index in [9.17, 15) is 0 Å². The Balaban J connectivity index is 1.89. The largest absolute Gasteiger partial charge is 0.491 e. The Morgan fingerprint density at radius 2 is 2.00 bits per heavy atom. The van der Waals surface area contributed by atoms with E-state index >= 15 is 0 Å². The highest BCUT2D eigenvalue weighted by molar-refractivity contribution is 6.31. The molecule has 2 N–H and O–H groups in total. The van der Waals surface area contributed by atoms with Gasteiger partial charge in [-0.05, 0) is 18.2 Å². The molecule has 0 saturated carbocycles. The maximum absolute atomic E-state index is 6.28. The smallest absolute Gasteiger partial charge is 0.227 e. The molecule has 1 aliphatic rings. The molecule has 1 saturated heterocycles. The van der Waals surface area contributed by atoms with Crippen LogP contribution < -0.4 is 15.4 Å². The van der Waals surface area contributed by atoms with Crippen molar-refractivity contribution < 1.29 is 9.47 Å². The van der Waals surface area contributed by atoms with Crippen LogP contribution in [0.1, 0.15) is 5.69 Å². The second-order valence-corrected chi connectivity index (χ2v) is 5.89. The number of hydrogen-bond acceptors (Lipinski definition) is 7. The van der Waals surface area contributed by atoms with E-state index in [1.807, 2.05) is 35.2 Å². The summed E-state index contributed by atoms with van der Waals surface area (Å²) in [6, 6.07) is 9.58. The fourth-order valence-corrected chi connectivity index (χ4v) is 2.73. The third-order valence-corrected chi connectivity index (χ3v) is 4.07. The molecule has 0 atom stereocenters. The molecule has 7 nitrogen and oxygen atoms in total. The SMILES string of the molecule is COc1c(Cl)nc(N2CCOCC2)nc1/C(N)=C/C=Nc1ccccc1. The van der Waals surface area contributed by atoms with E-state index in [4.69, 9.17) is 26.8 Å². The standard InChI is InChI=1S/C18H20ClN5O2/c1-25-16-15(14(20)7-8-21-13-5-3-2-4-6-13)22-18(23-17(16)19)24-9-11-26-12-10-24/h2-8H,9-12,20H2,1H3/b14-7-,21-8?.